The number of likely N-dealkylation sites (tertiary alicyclic amines) is 1. The maximum absolute atomic E-state index is 13.2. The van der Waals surface area contributed by atoms with Gasteiger partial charge in [0.05, 0.1) is 5.92 Å². The van der Waals surface area contributed by atoms with E-state index in [1.807, 2.05) is 45.0 Å². The zero-order chi connectivity index (χ0) is 24.4. The number of hydrogen-bond donors (Lipinski definition) is 2. The number of carbonyl (C=O) groups is 3. The number of carboxylic acid groups (broad SMARTS) is 1. The molecule has 1 aliphatic carbocycles. The fourth-order valence-corrected chi connectivity index (χ4v) is 5.16. The first kappa shape index (κ1) is 23.8. The van der Waals surface area contributed by atoms with Gasteiger partial charge >= 0.3 is 12.1 Å². The average molecular weight is 465 g/mol. The maximum atomic E-state index is 13.2. The van der Waals surface area contributed by atoms with E-state index in [-0.39, 0.29) is 36.8 Å². The molecular weight excluding hydrogens is 432 g/mol. The summed E-state index contributed by atoms with van der Waals surface area (Å²) in [6, 6.07) is 15.5. The number of amides is 2. The first-order valence-corrected chi connectivity index (χ1v) is 11.9. The van der Waals surface area contributed by atoms with Crippen molar-refractivity contribution in [1.82, 2.24) is 10.2 Å². The van der Waals surface area contributed by atoms with Crippen LogP contribution in [0.15, 0.2) is 48.5 Å². The lowest BCUT2D eigenvalue weighted by Gasteiger charge is -2.25. The number of rotatable bonds is 7. The Labute approximate surface area is 200 Å². The van der Waals surface area contributed by atoms with Gasteiger partial charge in [0, 0.05) is 19.0 Å². The fourth-order valence-electron chi connectivity index (χ4n) is 5.16. The summed E-state index contributed by atoms with van der Waals surface area (Å²) in [5, 5.41) is 12.2. The van der Waals surface area contributed by atoms with Crippen LogP contribution in [0.1, 0.15) is 44.2 Å². The highest BCUT2D eigenvalue weighted by atomic mass is 16.5. The number of fused-ring (bicyclic) bond motifs is 3. The van der Waals surface area contributed by atoms with Crippen LogP contribution in [0.2, 0.25) is 0 Å². The highest BCUT2D eigenvalue weighted by molar-refractivity contribution is 5.87. The molecule has 0 bridgehead atoms. The monoisotopic (exact) mass is 464 g/mol. The van der Waals surface area contributed by atoms with E-state index in [0.717, 1.165) is 22.3 Å². The van der Waals surface area contributed by atoms with E-state index < -0.39 is 24.0 Å². The largest absolute Gasteiger partial charge is 0.481 e. The van der Waals surface area contributed by atoms with Crippen LogP contribution >= 0.6 is 0 Å². The molecule has 3 atom stereocenters. The van der Waals surface area contributed by atoms with E-state index in [1.165, 1.54) is 0 Å². The van der Waals surface area contributed by atoms with E-state index in [0.29, 0.717) is 13.0 Å². The highest BCUT2D eigenvalue weighted by Gasteiger charge is 2.39. The molecule has 0 saturated carbocycles. The van der Waals surface area contributed by atoms with Crippen molar-refractivity contribution >= 4 is 18.0 Å². The number of carboxylic acids is 1. The van der Waals surface area contributed by atoms with Gasteiger partial charge in [-0.1, -0.05) is 69.3 Å². The van der Waals surface area contributed by atoms with E-state index >= 15 is 0 Å². The minimum Gasteiger partial charge on any atom is -0.481 e. The normalized spacial score (nSPS) is 20.1. The molecule has 2 aliphatic rings. The van der Waals surface area contributed by atoms with Crippen LogP contribution in [0.4, 0.5) is 4.79 Å². The van der Waals surface area contributed by atoms with Crippen LogP contribution in [0.3, 0.4) is 0 Å². The van der Waals surface area contributed by atoms with Gasteiger partial charge in [-0.05, 0) is 40.5 Å². The lowest BCUT2D eigenvalue weighted by molar-refractivity contribution is -0.142. The third-order valence-electron chi connectivity index (χ3n) is 6.88. The molecule has 7 nitrogen and oxygen atoms in total. The Balaban J connectivity index is 1.42. The smallest absolute Gasteiger partial charge is 0.407 e. The van der Waals surface area contributed by atoms with Crippen LogP contribution < -0.4 is 5.32 Å². The zero-order valence-corrected chi connectivity index (χ0v) is 19.9. The lowest BCUT2D eigenvalue weighted by atomic mass is 9.98. The van der Waals surface area contributed by atoms with Gasteiger partial charge in [0.2, 0.25) is 5.91 Å². The van der Waals surface area contributed by atoms with Crippen LogP contribution in [-0.2, 0) is 14.3 Å². The summed E-state index contributed by atoms with van der Waals surface area (Å²) in [6.07, 6.45) is -0.186. The second-order valence-electron chi connectivity index (χ2n) is 9.82. The van der Waals surface area contributed by atoms with Crippen molar-refractivity contribution in [2.45, 2.75) is 39.2 Å². The topological polar surface area (TPSA) is 95.9 Å². The number of benzene rings is 2. The molecule has 0 aromatic heterocycles. The molecule has 0 unspecified atom stereocenters. The van der Waals surface area contributed by atoms with E-state index in [9.17, 15) is 19.5 Å². The lowest BCUT2D eigenvalue weighted by Crippen LogP contribution is -2.49. The number of alkyl carbamates (subject to hydrolysis) is 1. The molecular formula is C27H32N2O5. The molecule has 1 aliphatic heterocycles. The van der Waals surface area contributed by atoms with Gasteiger partial charge < -0.3 is 20.1 Å². The number of nitrogens with one attached hydrogen (secondary N) is 1. The zero-order valence-electron chi connectivity index (χ0n) is 19.9. The Morgan fingerprint density at radius 3 is 2.15 bits per heavy atom. The Morgan fingerprint density at radius 2 is 1.62 bits per heavy atom. The maximum Gasteiger partial charge on any atom is 0.407 e. The predicted molar refractivity (Wildman–Crippen MR) is 128 cm³/mol. The Bertz CT molecular complexity index is 1040. The molecule has 34 heavy (non-hydrogen) atoms. The van der Waals surface area contributed by atoms with Crippen molar-refractivity contribution in [1.29, 1.82) is 0 Å². The van der Waals surface area contributed by atoms with Crippen molar-refractivity contribution < 1.29 is 24.2 Å². The predicted octanol–water partition coefficient (Wildman–Crippen LogP) is 4.12. The second-order valence-corrected chi connectivity index (χ2v) is 9.82. The van der Waals surface area contributed by atoms with Gasteiger partial charge in [0.25, 0.3) is 0 Å². The Kier molecular flexibility index (Phi) is 6.91. The minimum absolute atomic E-state index is 0.0619. The van der Waals surface area contributed by atoms with Crippen LogP contribution in [0, 0.1) is 17.8 Å². The summed E-state index contributed by atoms with van der Waals surface area (Å²) in [5.74, 6) is -1.76. The first-order valence-electron chi connectivity index (χ1n) is 11.9. The molecule has 1 fully saturated rings. The quantitative estimate of drug-likeness (QED) is 0.643. The van der Waals surface area contributed by atoms with Gasteiger partial charge in [0.15, 0.2) is 0 Å². The summed E-state index contributed by atoms with van der Waals surface area (Å²) in [7, 11) is 0. The summed E-state index contributed by atoms with van der Waals surface area (Å²) in [6.45, 7) is 6.50. The minimum atomic E-state index is -0.896. The molecule has 2 aromatic carbocycles. The number of ether oxygens (including phenoxy) is 1. The number of hydrogen-bond acceptors (Lipinski definition) is 4. The van der Waals surface area contributed by atoms with Crippen molar-refractivity contribution in [2.24, 2.45) is 17.8 Å². The molecule has 2 N–H and O–H groups in total. The molecule has 7 heteroatoms. The molecule has 0 spiro atoms. The van der Waals surface area contributed by atoms with Gasteiger partial charge in [0.1, 0.15) is 12.6 Å². The highest BCUT2D eigenvalue weighted by Crippen LogP contribution is 2.44. The number of carbonyl (C=O) groups excluding carboxylic acids is 2. The number of aliphatic carboxylic acids is 1. The molecule has 1 heterocycles. The molecule has 2 aromatic rings. The van der Waals surface area contributed by atoms with Gasteiger partial charge in [-0.25, -0.2) is 4.79 Å². The van der Waals surface area contributed by atoms with Crippen molar-refractivity contribution in [3.8, 4) is 11.1 Å². The number of nitrogens with zero attached hydrogens (tertiary/aromatic N) is 1. The Hall–Kier alpha value is -3.35. The van der Waals surface area contributed by atoms with Gasteiger partial charge in [-0.15, -0.1) is 0 Å². The molecule has 0 radical (unpaired) electrons. The second kappa shape index (κ2) is 9.87. The molecule has 4 rings (SSSR count). The summed E-state index contributed by atoms with van der Waals surface area (Å²) < 4.78 is 5.63. The summed E-state index contributed by atoms with van der Waals surface area (Å²) in [4.78, 5) is 39.0. The fraction of sp³-hybridized carbons (Fsp3) is 0.444. The van der Waals surface area contributed by atoms with Crippen molar-refractivity contribution in [2.75, 3.05) is 19.7 Å². The van der Waals surface area contributed by atoms with Gasteiger partial charge in [-0.3, -0.25) is 9.59 Å². The van der Waals surface area contributed by atoms with Crippen LogP contribution in [0.5, 0.6) is 0 Å². The van der Waals surface area contributed by atoms with Crippen molar-refractivity contribution in [3.05, 3.63) is 59.7 Å². The standard InChI is InChI=1S/C27H32N2O5/c1-16(2)12-24(25(30)29-13-17(3)22(14-29)26(31)32)28-27(33)34-15-23-20-10-6-4-8-18(20)19-9-5-7-11-21(19)23/h4-11,16-17,22-24H,12-15H2,1-3H3,(H,28,33)(H,31,32)/t17-,22-,24-/m0/s1. The average Bonchev–Trinajstić information content (AvgIpc) is 3.35. The SMILES string of the molecule is CC(C)C[C@H](NC(=O)OCC1c2ccccc2-c2ccccc21)C(=O)N1C[C@H](C(=O)O)[C@@H](C)C1. The van der Waals surface area contributed by atoms with Gasteiger partial charge in [-0.2, -0.15) is 0 Å². The van der Waals surface area contributed by atoms with E-state index in [4.69, 9.17) is 4.74 Å². The van der Waals surface area contributed by atoms with E-state index in [2.05, 4.69) is 29.6 Å². The third-order valence-corrected chi connectivity index (χ3v) is 6.88. The molecule has 2 amide bonds. The van der Waals surface area contributed by atoms with Crippen LogP contribution in [-0.4, -0.2) is 53.7 Å². The summed E-state index contributed by atoms with van der Waals surface area (Å²) >= 11 is 0. The summed E-state index contributed by atoms with van der Waals surface area (Å²) in [5.41, 5.74) is 4.54. The Morgan fingerprint density at radius 1 is 1.03 bits per heavy atom. The molecule has 180 valence electrons. The van der Waals surface area contributed by atoms with E-state index in [1.54, 1.807) is 4.90 Å². The van der Waals surface area contributed by atoms with Crippen molar-refractivity contribution in [3.63, 3.8) is 0 Å². The van der Waals surface area contributed by atoms with Crippen LogP contribution in [0.25, 0.3) is 11.1 Å². The third kappa shape index (κ3) is 4.79. The molecule has 1 saturated heterocycles. The first-order chi connectivity index (χ1) is 16.3.